The summed E-state index contributed by atoms with van der Waals surface area (Å²) in [6, 6.07) is 0.853. The highest BCUT2D eigenvalue weighted by Gasteiger charge is 2.32. The molecule has 0 aromatic heterocycles. The molecule has 0 saturated carbocycles. The molecule has 57 heavy (non-hydrogen) atoms. The topological polar surface area (TPSA) is 399 Å². The molecule has 0 saturated heterocycles. The van der Waals surface area contributed by atoms with E-state index >= 15 is 0 Å². The number of aliphatic hydroxyl groups is 2. The number of hydrogen-bond acceptors (Lipinski definition) is 14. The van der Waals surface area contributed by atoms with Gasteiger partial charge in [-0.3, -0.25) is 38.4 Å². The number of nitrogens with one attached hydrogen (secondary N) is 6. The minimum Gasteiger partial charge on any atom is -0.508 e. The lowest BCUT2D eigenvalue weighted by Gasteiger charge is -2.25. The van der Waals surface area contributed by atoms with Crippen molar-refractivity contribution in [3.63, 3.8) is 0 Å². The molecular formula is C34H44N8O15. The van der Waals surface area contributed by atoms with E-state index in [1.54, 1.807) is 0 Å². The molecule has 2 aromatic rings. The van der Waals surface area contributed by atoms with Crippen LogP contribution in [0, 0.1) is 0 Å². The normalized spacial score (nSPS) is 13.9. The molecular weight excluding hydrogens is 760 g/mol. The first kappa shape index (κ1) is 46.3. The molecule has 7 amide bonds. The van der Waals surface area contributed by atoms with E-state index < -0.39 is 122 Å². The smallest absolute Gasteiger partial charge is 0.328 e. The van der Waals surface area contributed by atoms with Gasteiger partial charge in [0.1, 0.15) is 47.8 Å². The molecule has 0 bridgehead atoms. The molecule has 0 aliphatic heterocycles. The summed E-state index contributed by atoms with van der Waals surface area (Å²) in [5.41, 5.74) is 11.3. The van der Waals surface area contributed by atoms with Crippen LogP contribution in [0.5, 0.6) is 11.5 Å². The number of phenolic OH excluding ortho intramolecular Hbond substituents is 2. The van der Waals surface area contributed by atoms with Crippen molar-refractivity contribution in [3.8, 4) is 11.5 Å². The van der Waals surface area contributed by atoms with Gasteiger partial charge in [-0.05, 0) is 35.4 Å². The molecule has 0 radical (unpaired) electrons. The first-order valence-electron chi connectivity index (χ1n) is 16.9. The van der Waals surface area contributed by atoms with E-state index in [0.29, 0.717) is 11.1 Å². The van der Waals surface area contributed by atoms with Crippen molar-refractivity contribution in [3.05, 3.63) is 59.7 Å². The number of aliphatic carboxylic acids is 2. The van der Waals surface area contributed by atoms with Crippen molar-refractivity contribution in [2.24, 2.45) is 11.5 Å². The fourth-order valence-electron chi connectivity index (χ4n) is 4.85. The Bertz CT molecular complexity index is 1770. The fourth-order valence-corrected chi connectivity index (χ4v) is 4.85. The second kappa shape index (κ2) is 22.5. The van der Waals surface area contributed by atoms with Crippen molar-refractivity contribution in [1.29, 1.82) is 0 Å². The number of phenols is 2. The lowest BCUT2D eigenvalue weighted by atomic mass is 10.0. The average molecular weight is 805 g/mol. The van der Waals surface area contributed by atoms with Gasteiger partial charge in [0.2, 0.25) is 41.4 Å². The highest BCUT2D eigenvalue weighted by Crippen LogP contribution is 2.14. The largest absolute Gasteiger partial charge is 0.508 e. The third kappa shape index (κ3) is 16.2. The third-order valence-electron chi connectivity index (χ3n) is 7.84. The molecule has 0 unspecified atom stereocenters. The zero-order valence-electron chi connectivity index (χ0n) is 30.0. The number of amides is 7. The summed E-state index contributed by atoms with van der Waals surface area (Å²) in [5.74, 6) is -11.2. The molecule has 2 rings (SSSR count). The molecule has 0 heterocycles. The van der Waals surface area contributed by atoms with E-state index in [1.807, 2.05) is 5.32 Å². The first-order valence-corrected chi connectivity index (χ1v) is 16.9. The summed E-state index contributed by atoms with van der Waals surface area (Å²) >= 11 is 0. The van der Waals surface area contributed by atoms with Gasteiger partial charge >= 0.3 is 11.9 Å². The van der Waals surface area contributed by atoms with E-state index in [0.717, 1.165) is 0 Å². The Kier molecular flexibility index (Phi) is 18.3. The summed E-state index contributed by atoms with van der Waals surface area (Å²) in [6.45, 7) is -2.76. The number of nitrogens with two attached hydrogens (primary N) is 2. The highest BCUT2D eigenvalue weighted by molar-refractivity contribution is 5.98. The maximum absolute atomic E-state index is 13.7. The van der Waals surface area contributed by atoms with Crippen molar-refractivity contribution < 1.29 is 73.8 Å². The Morgan fingerprint density at radius 1 is 0.544 bits per heavy atom. The number of carbonyl (C=O) groups is 9. The number of carboxylic acids is 2. The van der Waals surface area contributed by atoms with E-state index in [-0.39, 0.29) is 24.3 Å². The Morgan fingerprint density at radius 3 is 1.40 bits per heavy atom. The van der Waals surface area contributed by atoms with Crippen LogP contribution in [0.4, 0.5) is 0 Å². The second-order valence-corrected chi connectivity index (χ2v) is 12.4. The minimum absolute atomic E-state index is 0.115. The van der Waals surface area contributed by atoms with Gasteiger partial charge in [-0.25, -0.2) is 4.79 Å². The standard InChI is InChI=1S/C34H44N8O15/c35-20(14-43)29(51)39-23(11-26(36)47)33(55)41-24(12-28(49)50)30(52)37-13-27(48)38-21(9-16-1-5-18(45)6-2-16)31(53)40-22(10-17-3-7-19(46)8-4-17)32(54)42-25(15-44)34(56)57/h1-8,20-25,43-46H,9-15,35H2,(H2,36,47)(H,37,52)(H,38,48)(H,39,51)(H,40,53)(H,41,55)(H,42,54)(H,49,50)(H,56,57)/t20-,21-,22-,23-,24-,25-/m0/s1. The van der Waals surface area contributed by atoms with Gasteiger partial charge < -0.3 is 74.0 Å². The molecule has 16 N–H and O–H groups in total. The van der Waals surface area contributed by atoms with Crippen LogP contribution in [0.3, 0.4) is 0 Å². The highest BCUT2D eigenvalue weighted by atomic mass is 16.4. The van der Waals surface area contributed by atoms with Crippen LogP contribution in [-0.4, -0.2) is 140 Å². The molecule has 6 atom stereocenters. The number of carboxylic acid groups (broad SMARTS) is 2. The summed E-state index contributed by atoms with van der Waals surface area (Å²) in [7, 11) is 0. The van der Waals surface area contributed by atoms with Crippen molar-refractivity contribution in [2.75, 3.05) is 19.8 Å². The molecule has 23 nitrogen and oxygen atoms in total. The summed E-state index contributed by atoms with van der Waals surface area (Å²) in [6.07, 6.45) is -2.41. The average Bonchev–Trinajstić information content (AvgIpc) is 3.15. The Balaban J connectivity index is 2.30. The van der Waals surface area contributed by atoms with Gasteiger partial charge in [0.15, 0.2) is 0 Å². The second-order valence-electron chi connectivity index (χ2n) is 12.4. The van der Waals surface area contributed by atoms with Gasteiger partial charge in [0, 0.05) is 12.8 Å². The maximum Gasteiger partial charge on any atom is 0.328 e. The van der Waals surface area contributed by atoms with E-state index in [9.17, 15) is 68.7 Å². The predicted octanol–water partition coefficient (Wildman–Crippen LogP) is -5.83. The van der Waals surface area contributed by atoms with Gasteiger partial charge in [0.05, 0.1) is 32.6 Å². The van der Waals surface area contributed by atoms with E-state index in [4.69, 9.17) is 16.6 Å². The van der Waals surface area contributed by atoms with Gasteiger partial charge in [-0.2, -0.15) is 0 Å². The predicted molar refractivity (Wildman–Crippen MR) is 192 cm³/mol. The van der Waals surface area contributed by atoms with Crippen LogP contribution in [0.1, 0.15) is 24.0 Å². The van der Waals surface area contributed by atoms with Crippen LogP contribution in [0.2, 0.25) is 0 Å². The number of primary amides is 1. The molecule has 0 spiro atoms. The van der Waals surface area contributed by atoms with Crippen LogP contribution >= 0.6 is 0 Å². The van der Waals surface area contributed by atoms with E-state index in [2.05, 4.69) is 26.6 Å². The molecule has 23 heteroatoms. The number of aromatic hydroxyl groups is 2. The Labute approximate surface area is 323 Å². The van der Waals surface area contributed by atoms with Gasteiger partial charge in [-0.15, -0.1) is 0 Å². The minimum atomic E-state index is -1.90. The molecule has 0 fully saturated rings. The van der Waals surface area contributed by atoms with Crippen LogP contribution in [0.25, 0.3) is 0 Å². The summed E-state index contributed by atoms with van der Waals surface area (Å²) in [4.78, 5) is 113. The van der Waals surface area contributed by atoms with Crippen LogP contribution in [-0.2, 0) is 56.0 Å². The number of carbonyl (C=O) groups excluding carboxylic acids is 7. The summed E-state index contributed by atoms with van der Waals surface area (Å²) < 4.78 is 0. The van der Waals surface area contributed by atoms with E-state index in [1.165, 1.54) is 48.5 Å². The Morgan fingerprint density at radius 2 is 0.965 bits per heavy atom. The molecule has 0 aliphatic carbocycles. The number of rotatable bonds is 23. The van der Waals surface area contributed by atoms with Gasteiger partial charge in [0.25, 0.3) is 0 Å². The fraction of sp³-hybridized carbons (Fsp3) is 0.382. The molecule has 310 valence electrons. The lowest BCUT2D eigenvalue weighted by molar-refractivity contribution is -0.143. The maximum atomic E-state index is 13.7. The zero-order chi connectivity index (χ0) is 42.8. The van der Waals surface area contributed by atoms with Crippen LogP contribution < -0.4 is 43.4 Å². The SMILES string of the molecule is NC(=O)C[C@H](NC(=O)[C@@H](N)CO)C(=O)N[C@@H](CC(=O)O)C(=O)NCC(=O)N[C@@H](Cc1ccc(O)cc1)C(=O)N[C@@H](Cc1ccc(O)cc1)C(=O)N[C@@H](CO)C(=O)O. The Hall–Kier alpha value is -6.85. The first-order chi connectivity index (χ1) is 26.8. The zero-order valence-corrected chi connectivity index (χ0v) is 30.0. The van der Waals surface area contributed by atoms with Crippen molar-refractivity contribution in [2.45, 2.75) is 61.9 Å². The third-order valence-corrected chi connectivity index (χ3v) is 7.84. The molecule has 0 aliphatic rings. The number of aliphatic hydroxyl groups excluding tert-OH is 2. The number of benzene rings is 2. The van der Waals surface area contributed by atoms with Crippen LogP contribution in [0.15, 0.2) is 48.5 Å². The quantitative estimate of drug-likeness (QED) is 0.0497. The monoisotopic (exact) mass is 804 g/mol. The van der Waals surface area contributed by atoms with Gasteiger partial charge in [-0.1, -0.05) is 24.3 Å². The lowest BCUT2D eigenvalue weighted by Crippen LogP contribution is -2.59. The van der Waals surface area contributed by atoms with Crippen molar-refractivity contribution in [1.82, 2.24) is 31.9 Å². The molecule has 2 aromatic carbocycles. The van der Waals surface area contributed by atoms with Crippen molar-refractivity contribution >= 4 is 53.3 Å². The number of hydrogen-bond donors (Lipinski definition) is 14. The summed E-state index contributed by atoms with van der Waals surface area (Å²) in [5, 5.41) is 69.6.